The molecule has 7 nitrogen and oxygen atoms in total. The van der Waals surface area contributed by atoms with E-state index in [4.69, 9.17) is 9.72 Å². The Kier molecular flexibility index (Phi) is 7.72. The van der Waals surface area contributed by atoms with Crippen molar-refractivity contribution in [2.24, 2.45) is 0 Å². The van der Waals surface area contributed by atoms with E-state index in [1.807, 2.05) is 37.3 Å². The van der Waals surface area contributed by atoms with Gasteiger partial charge in [-0.25, -0.2) is 17.8 Å². The first-order valence-electron chi connectivity index (χ1n) is 11.1. The van der Waals surface area contributed by atoms with Gasteiger partial charge in [-0.15, -0.1) is 0 Å². The molecule has 182 valence electrons. The number of sulfone groups is 1. The van der Waals surface area contributed by atoms with Crippen molar-refractivity contribution in [2.45, 2.75) is 31.2 Å². The Morgan fingerprint density at radius 1 is 1.09 bits per heavy atom. The fourth-order valence-corrected chi connectivity index (χ4v) is 5.85. The Morgan fingerprint density at radius 3 is 2.54 bits per heavy atom. The number of benzene rings is 2. The average Bonchev–Trinajstić information content (AvgIpc) is 3.28. The first kappa shape index (κ1) is 24.7. The second-order valence-corrected chi connectivity index (χ2v) is 10.9. The average molecular weight is 514 g/mol. The Hall–Kier alpha value is -3.37. The van der Waals surface area contributed by atoms with Gasteiger partial charge in [0, 0.05) is 18.8 Å². The quantitative estimate of drug-likeness (QED) is 0.277. The molecule has 0 atom stereocenters. The number of nitrogens with zero attached hydrogens (tertiary/aromatic N) is 3. The van der Waals surface area contributed by atoms with E-state index in [1.165, 1.54) is 23.5 Å². The molecule has 10 heteroatoms. The first-order chi connectivity index (χ1) is 16.9. The Bertz CT molecular complexity index is 1410. The molecule has 0 bridgehead atoms. The summed E-state index contributed by atoms with van der Waals surface area (Å²) in [4.78, 5) is 23.6. The van der Waals surface area contributed by atoms with E-state index < -0.39 is 15.7 Å². The molecule has 2 aromatic heterocycles. The third kappa shape index (κ3) is 6.01. The predicted molar refractivity (Wildman–Crippen MR) is 134 cm³/mol. The van der Waals surface area contributed by atoms with Crippen LogP contribution in [-0.4, -0.2) is 36.7 Å². The number of amides is 1. The van der Waals surface area contributed by atoms with Gasteiger partial charge in [0.25, 0.3) is 0 Å². The largest absolute Gasteiger partial charge is 0.492 e. The van der Waals surface area contributed by atoms with Crippen molar-refractivity contribution in [1.82, 2.24) is 9.97 Å². The maximum absolute atomic E-state index is 13.3. The molecule has 2 heterocycles. The fraction of sp³-hybridized carbons (Fsp3) is 0.240. The number of para-hydroxylation sites is 1. The maximum atomic E-state index is 13.3. The van der Waals surface area contributed by atoms with Crippen LogP contribution in [0.15, 0.2) is 71.9 Å². The Balaban J connectivity index is 1.55. The summed E-state index contributed by atoms with van der Waals surface area (Å²) in [5.41, 5.74) is 1.55. The lowest BCUT2D eigenvalue weighted by molar-refractivity contribution is -0.118. The molecule has 0 saturated heterocycles. The van der Waals surface area contributed by atoms with E-state index >= 15 is 0 Å². The van der Waals surface area contributed by atoms with Gasteiger partial charge in [0.05, 0.1) is 28.5 Å². The standard InChI is InChI=1S/C25H24FN3O4S2/c1-2-33-21-5-3-6-22-24(21)28-25(34-22)29(17-18-12-14-27-15-13-18)23(30)7-4-16-35(31,32)20-10-8-19(26)9-11-20/h3,5-6,8-15H,2,4,7,16-17H2,1H3. The highest BCUT2D eigenvalue weighted by molar-refractivity contribution is 7.91. The van der Waals surface area contributed by atoms with Crippen molar-refractivity contribution in [3.63, 3.8) is 0 Å². The van der Waals surface area contributed by atoms with E-state index in [-0.39, 0.29) is 35.9 Å². The minimum atomic E-state index is -3.63. The molecule has 0 unspecified atom stereocenters. The van der Waals surface area contributed by atoms with Gasteiger partial charge in [0.1, 0.15) is 17.1 Å². The lowest BCUT2D eigenvalue weighted by Crippen LogP contribution is -2.30. The summed E-state index contributed by atoms with van der Waals surface area (Å²) in [7, 11) is -3.63. The molecule has 0 aliphatic heterocycles. The topological polar surface area (TPSA) is 89.5 Å². The molecule has 4 aromatic rings. The number of hydrogen-bond donors (Lipinski definition) is 0. The van der Waals surface area contributed by atoms with Crippen molar-refractivity contribution in [2.75, 3.05) is 17.3 Å². The van der Waals surface area contributed by atoms with Gasteiger partial charge >= 0.3 is 0 Å². The maximum Gasteiger partial charge on any atom is 0.229 e. The molecular weight excluding hydrogens is 489 g/mol. The fourth-order valence-electron chi connectivity index (χ4n) is 3.54. The van der Waals surface area contributed by atoms with Crippen molar-refractivity contribution < 1.29 is 22.3 Å². The van der Waals surface area contributed by atoms with E-state index in [0.29, 0.717) is 23.0 Å². The zero-order valence-electron chi connectivity index (χ0n) is 19.1. The highest BCUT2D eigenvalue weighted by Crippen LogP contribution is 2.35. The third-order valence-corrected chi connectivity index (χ3v) is 8.13. The van der Waals surface area contributed by atoms with Crippen molar-refractivity contribution in [3.8, 4) is 5.75 Å². The minimum absolute atomic E-state index is 0.0136. The number of anilines is 1. The molecule has 0 fully saturated rings. The van der Waals surface area contributed by atoms with Crippen LogP contribution in [0.1, 0.15) is 25.3 Å². The molecule has 0 aliphatic carbocycles. The van der Waals surface area contributed by atoms with E-state index in [1.54, 1.807) is 17.3 Å². The van der Waals surface area contributed by atoms with E-state index in [2.05, 4.69) is 4.98 Å². The number of aromatic nitrogens is 2. The Morgan fingerprint density at radius 2 is 1.83 bits per heavy atom. The number of thiazole rings is 1. The van der Waals surface area contributed by atoms with Crippen molar-refractivity contribution in [1.29, 1.82) is 0 Å². The van der Waals surface area contributed by atoms with Gasteiger partial charge in [-0.3, -0.25) is 14.7 Å². The first-order valence-corrected chi connectivity index (χ1v) is 13.5. The molecule has 0 aliphatic rings. The summed E-state index contributed by atoms with van der Waals surface area (Å²) in [5, 5.41) is 0.510. The second-order valence-electron chi connectivity index (χ2n) is 7.74. The van der Waals surface area contributed by atoms with Crippen LogP contribution in [0.4, 0.5) is 9.52 Å². The second kappa shape index (κ2) is 10.9. The van der Waals surface area contributed by atoms with Crippen LogP contribution in [0, 0.1) is 5.82 Å². The van der Waals surface area contributed by atoms with Gasteiger partial charge < -0.3 is 4.74 Å². The number of carbonyl (C=O) groups is 1. The molecular formula is C25H24FN3O4S2. The zero-order chi connectivity index (χ0) is 24.8. The van der Waals surface area contributed by atoms with Crippen LogP contribution in [0.3, 0.4) is 0 Å². The molecule has 35 heavy (non-hydrogen) atoms. The van der Waals surface area contributed by atoms with Crippen LogP contribution >= 0.6 is 11.3 Å². The summed E-state index contributed by atoms with van der Waals surface area (Å²) in [6.07, 6.45) is 3.44. The van der Waals surface area contributed by atoms with Crippen LogP contribution in [0.5, 0.6) is 5.75 Å². The van der Waals surface area contributed by atoms with Crippen LogP contribution in [-0.2, 0) is 21.2 Å². The number of hydrogen-bond acceptors (Lipinski definition) is 7. The summed E-state index contributed by atoms with van der Waals surface area (Å²) >= 11 is 1.37. The van der Waals surface area contributed by atoms with Gasteiger partial charge in [-0.1, -0.05) is 17.4 Å². The number of pyridine rings is 1. The number of halogens is 1. The highest BCUT2D eigenvalue weighted by Gasteiger charge is 2.23. The van der Waals surface area contributed by atoms with Gasteiger partial charge in [-0.2, -0.15) is 0 Å². The summed E-state index contributed by atoms with van der Waals surface area (Å²) in [6, 6.07) is 14.0. The molecule has 2 aromatic carbocycles. The number of rotatable bonds is 10. The van der Waals surface area contributed by atoms with Gasteiger partial charge in [0.2, 0.25) is 5.91 Å². The zero-order valence-corrected chi connectivity index (χ0v) is 20.7. The Labute approximate surface area is 207 Å². The number of ether oxygens (including phenoxy) is 1. The summed E-state index contributed by atoms with van der Waals surface area (Å²) in [5.74, 6) is -0.321. The number of carbonyl (C=O) groups excluding carboxylic acids is 1. The molecule has 4 rings (SSSR count). The van der Waals surface area contributed by atoms with Crippen LogP contribution < -0.4 is 9.64 Å². The minimum Gasteiger partial charge on any atom is -0.492 e. The van der Waals surface area contributed by atoms with Gasteiger partial charge in [0.15, 0.2) is 15.0 Å². The van der Waals surface area contributed by atoms with Crippen LogP contribution in [0.2, 0.25) is 0 Å². The molecule has 0 N–H and O–H groups in total. The van der Waals surface area contributed by atoms with E-state index in [9.17, 15) is 17.6 Å². The van der Waals surface area contributed by atoms with E-state index in [0.717, 1.165) is 22.4 Å². The smallest absolute Gasteiger partial charge is 0.229 e. The third-order valence-electron chi connectivity index (χ3n) is 5.27. The SMILES string of the molecule is CCOc1cccc2sc(N(Cc3ccncc3)C(=O)CCCS(=O)(=O)c3ccc(F)cc3)nc12. The monoisotopic (exact) mass is 513 g/mol. The van der Waals surface area contributed by atoms with Crippen molar-refractivity contribution >= 4 is 42.4 Å². The molecule has 1 amide bonds. The summed E-state index contributed by atoms with van der Waals surface area (Å²) in [6.45, 7) is 2.66. The van der Waals surface area contributed by atoms with Gasteiger partial charge in [-0.05, 0) is 67.4 Å². The lowest BCUT2D eigenvalue weighted by Gasteiger charge is -2.20. The molecule has 0 radical (unpaired) electrons. The highest BCUT2D eigenvalue weighted by atomic mass is 32.2. The molecule has 0 spiro atoms. The van der Waals surface area contributed by atoms with Crippen molar-refractivity contribution in [3.05, 3.63) is 78.4 Å². The molecule has 0 saturated carbocycles. The lowest BCUT2D eigenvalue weighted by atomic mass is 10.2. The number of fused-ring (bicyclic) bond motifs is 1. The normalized spacial score (nSPS) is 11.5. The van der Waals surface area contributed by atoms with Crippen LogP contribution in [0.25, 0.3) is 10.2 Å². The predicted octanol–water partition coefficient (Wildman–Crippen LogP) is 5.02. The summed E-state index contributed by atoms with van der Waals surface area (Å²) < 4.78 is 44.9.